The standard InChI is InChI=1S/C30H22/c1-19-17-18-24-23-11-4-7-15-27(23)30(28-16-8-12-20(19)29(24)28)25-13-5-2-9-21(25)22-10-3-6-14-26(22)30/h2-3,5-10,12-18H,4,11H2,1H3. The van der Waals surface area contributed by atoms with Crippen LogP contribution in [0, 0.1) is 6.92 Å². The van der Waals surface area contributed by atoms with Crippen molar-refractivity contribution in [3.8, 4) is 11.1 Å². The van der Waals surface area contributed by atoms with E-state index >= 15 is 0 Å². The second-order valence-electron chi connectivity index (χ2n) is 8.83. The summed E-state index contributed by atoms with van der Waals surface area (Å²) in [5.41, 5.74) is 12.7. The molecule has 0 N–H and O–H groups in total. The molecule has 0 nitrogen and oxygen atoms in total. The van der Waals surface area contributed by atoms with Gasteiger partial charge in [-0.2, -0.15) is 0 Å². The maximum atomic E-state index is 2.43. The number of hydrogen-bond acceptors (Lipinski definition) is 0. The van der Waals surface area contributed by atoms with E-state index in [0.717, 1.165) is 12.8 Å². The van der Waals surface area contributed by atoms with E-state index in [9.17, 15) is 0 Å². The van der Waals surface area contributed by atoms with Crippen molar-refractivity contribution in [3.63, 3.8) is 0 Å². The number of allylic oxidation sites excluding steroid dienone is 4. The summed E-state index contributed by atoms with van der Waals surface area (Å²) in [6.45, 7) is 2.25. The second-order valence-corrected chi connectivity index (χ2v) is 8.83. The van der Waals surface area contributed by atoms with Crippen LogP contribution in [-0.4, -0.2) is 0 Å². The van der Waals surface area contributed by atoms with Gasteiger partial charge in [0.05, 0.1) is 5.41 Å². The maximum absolute atomic E-state index is 2.43. The van der Waals surface area contributed by atoms with Gasteiger partial charge in [0.1, 0.15) is 0 Å². The molecule has 0 bridgehead atoms. The van der Waals surface area contributed by atoms with Crippen LogP contribution in [0.4, 0.5) is 0 Å². The molecule has 3 aliphatic carbocycles. The van der Waals surface area contributed by atoms with Crippen LogP contribution in [0.15, 0.2) is 96.6 Å². The van der Waals surface area contributed by atoms with Crippen molar-refractivity contribution >= 4 is 16.3 Å². The fourth-order valence-electron chi connectivity index (χ4n) is 6.37. The molecular weight excluding hydrogens is 360 g/mol. The first-order chi connectivity index (χ1) is 14.8. The molecule has 0 aliphatic heterocycles. The Morgan fingerprint density at radius 3 is 2.13 bits per heavy atom. The quantitative estimate of drug-likeness (QED) is 0.294. The molecule has 1 spiro atoms. The molecule has 0 amide bonds. The number of hydrogen-bond donors (Lipinski definition) is 0. The normalized spacial score (nSPS) is 17.2. The minimum absolute atomic E-state index is 0.222. The molecule has 30 heavy (non-hydrogen) atoms. The lowest BCUT2D eigenvalue weighted by atomic mass is 9.60. The molecule has 0 saturated carbocycles. The Hall–Kier alpha value is -3.38. The Kier molecular flexibility index (Phi) is 3.07. The molecule has 0 aromatic heterocycles. The van der Waals surface area contributed by atoms with Crippen LogP contribution < -0.4 is 0 Å². The van der Waals surface area contributed by atoms with E-state index < -0.39 is 0 Å². The zero-order chi connectivity index (χ0) is 19.9. The predicted octanol–water partition coefficient (Wildman–Crippen LogP) is 7.58. The van der Waals surface area contributed by atoms with Gasteiger partial charge >= 0.3 is 0 Å². The molecule has 0 heterocycles. The fraction of sp³-hybridized carbons (Fsp3) is 0.133. The highest BCUT2D eigenvalue weighted by atomic mass is 14.5. The van der Waals surface area contributed by atoms with Gasteiger partial charge in [-0.25, -0.2) is 0 Å². The lowest BCUT2D eigenvalue weighted by Crippen LogP contribution is -2.33. The third-order valence-corrected chi connectivity index (χ3v) is 7.51. The lowest BCUT2D eigenvalue weighted by molar-refractivity contribution is 0.758. The second kappa shape index (κ2) is 5.61. The van der Waals surface area contributed by atoms with Crippen molar-refractivity contribution in [1.82, 2.24) is 0 Å². The third kappa shape index (κ3) is 1.75. The van der Waals surface area contributed by atoms with Gasteiger partial charge < -0.3 is 0 Å². The zero-order valence-electron chi connectivity index (χ0n) is 17.1. The summed E-state index contributed by atoms with van der Waals surface area (Å²) >= 11 is 0. The van der Waals surface area contributed by atoms with E-state index in [4.69, 9.17) is 0 Å². The van der Waals surface area contributed by atoms with Crippen molar-refractivity contribution in [3.05, 3.63) is 124 Å². The van der Waals surface area contributed by atoms with Crippen molar-refractivity contribution < 1.29 is 0 Å². The van der Waals surface area contributed by atoms with Crippen LogP contribution in [0.3, 0.4) is 0 Å². The molecule has 0 radical (unpaired) electrons. The lowest BCUT2D eigenvalue weighted by Gasteiger charge is -2.42. The van der Waals surface area contributed by atoms with Gasteiger partial charge in [0.2, 0.25) is 0 Å². The third-order valence-electron chi connectivity index (χ3n) is 7.51. The van der Waals surface area contributed by atoms with Crippen molar-refractivity contribution in [1.29, 1.82) is 0 Å². The van der Waals surface area contributed by atoms with Gasteiger partial charge in [-0.15, -0.1) is 0 Å². The van der Waals surface area contributed by atoms with Gasteiger partial charge in [-0.3, -0.25) is 0 Å². The highest BCUT2D eigenvalue weighted by Gasteiger charge is 2.50. The van der Waals surface area contributed by atoms with Gasteiger partial charge in [0, 0.05) is 0 Å². The topological polar surface area (TPSA) is 0 Å². The van der Waals surface area contributed by atoms with E-state index in [0.29, 0.717) is 0 Å². The summed E-state index contributed by atoms with van der Waals surface area (Å²) in [5.74, 6) is 0. The molecule has 0 unspecified atom stereocenters. The first-order valence-electron chi connectivity index (χ1n) is 10.9. The Morgan fingerprint density at radius 1 is 0.667 bits per heavy atom. The van der Waals surface area contributed by atoms with E-state index in [1.165, 1.54) is 60.9 Å². The van der Waals surface area contributed by atoms with Crippen LogP contribution >= 0.6 is 0 Å². The van der Waals surface area contributed by atoms with Crippen LogP contribution in [-0.2, 0) is 5.41 Å². The summed E-state index contributed by atoms with van der Waals surface area (Å²) in [6, 6.07) is 29.8. The van der Waals surface area contributed by atoms with E-state index in [-0.39, 0.29) is 5.41 Å². The first-order valence-corrected chi connectivity index (χ1v) is 10.9. The Labute approximate surface area is 177 Å². The number of fused-ring (bicyclic) bond motifs is 8. The fourth-order valence-corrected chi connectivity index (χ4v) is 6.37. The molecule has 0 fully saturated rings. The number of benzene rings is 4. The molecular formula is C30H22. The molecule has 142 valence electrons. The van der Waals surface area contributed by atoms with Gasteiger partial charge in [-0.05, 0) is 80.6 Å². The molecule has 3 aliphatic rings. The maximum Gasteiger partial charge on any atom is 0.0722 e. The summed E-state index contributed by atoms with van der Waals surface area (Å²) in [6.07, 6.45) is 7.04. The van der Waals surface area contributed by atoms with Crippen LogP contribution in [0.5, 0.6) is 0 Å². The van der Waals surface area contributed by atoms with Gasteiger partial charge in [0.25, 0.3) is 0 Å². The van der Waals surface area contributed by atoms with Crippen LogP contribution in [0.2, 0.25) is 0 Å². The molecule has 0 atom stereocenters. The summed E-state index contributed by atoms with van der Waals surface area (Å²) in [4.78, 5) is 0. The molecule has 4 aromatic rings. The average molecular weight is 383 g/mol. The first kappa shape index (κ1) is 16.4. The molecule has 7 rings (SSSR count). The van der Waals surface area contributed by atoms with Crippen LogP contribution in [0.25, 0.3) is 27.5 Å². The Balaban J connectivity index is 1.77. The summed E-state index contributed by atoms with van der Waals surface area (Å²) in [7, 11) is 0. The Bertz CT molecular complexity index is 1400. The van der Waals surface area contributed by atoms with E-state index in [1.807, 2.05) is 0 Å². The van der Waals surface area contributed by atoms with Crippen molar-refractivity contribution in [2.24, 2.45) is 0 Å². The smallest absolute Gasteiger partial charge is 0.0722 e. The Morgan fingerprint density at radius 2 is 1.37 bits per heavy atom. The van der Waals surface area contributed by atoms with Crippen molar-refractivity contribution in [2.75, 3.05) is 0 Å². The van der Waals surface area contributed by atoms with E-state index in [1.54, 1.807) is 0 Å². The van der Waals surface area contributed by atoms with Gasteiger partial charge in [0.15, 0.2) is 0 Å². The number of rotatable bonds is 0. The highest BCUT2D eigenvalue weighted by molar-refractivity contribution is 6.06. The SMILES string of the molecule is Cc1ccc2c3c(cccc13)C1(C3=C2CCC=C3)c2ccccc2-c2ccccc21. The summed E-state index contributed by atoms with van der Waals surface area (Å²) < 4.78 is 0. The molecule has 0 saturated heterocycles. The molecule has 4 aromatic carbocycles. The number of aryl methyl sites for hydroxylation is 1. The molecule has 0 heteroatoms. The van der Waals surface area contributed by atoms with Crippen LogP contribution in [0.1, 0.15) is 40.7 Å². The minimum atomic E-state index is -0.222. The predicted molar refractivity (Wildman–Crippen MR) is 126 cm³/mol. The average Bonchev–Trinajstić information content (AvgIpc) is 3.10. The van der Waals surface area contributed by atoms with Gasteiger partial charge in [-0.1, -0.05) is 91.0 Å². The largest absolute Gasteiger partial charge is 0.0839 e. The van der Waals surface area contributed by atoms with Crippen molar-refractivity contribution in [2.45, 2.75) is 25.2 Å². The summed E-state index contributed by atoms with van der Waals surface area (Å²) in [5, 5.41) is 2.85. The van der Waals surface area contributed by atoms with E-state index in [2.05, 4.69) is 97.9 Å². The zero-order valence-corrected chi connectivity index (χ0v) is 17.1. The monoisotopic (exact) mass is 382 g/mol. The minimum Gasteiger partial charge on any atom is -0.0839 e. The highest BCUT2D eigenvalue weighted by Crippen LogP contribution is 2.62.